The van der Waals surface area contributed by atoms with Crippen LogP contribution >= 0.6 is 0 Å². The molecule has 2 heterocycles. The number of hydrogen-bond donors (Lipinski definition) is 1. The SMILES string of the molecule is CC1(Cc2ccccc2)CN(C(=O)c2ccc3c(c2)[nH]c(=O)n3CC2CC2)C1. The molecule has 3 aromatic rings. The Morgan fingerprint density at radius 2 is 1.89 bits per heavy atom. The van der Waals surface area contributed by atoms with Crippen LogP contribution in [0.2, 0.25) is 0 Å². The molecule has 144 valence electrons. The van der Waals surface area contributed by atoms with E-state index >= 15 is 0 Å². The molecule has 5 heteroatoms. The molecular formula is C23H25N3O2. The van der Waals surface area contributed by atoms with Crippen molar-refractivity contribution in [2.45, 2.75) is 32.7 Å². The maximum Gasteiger partial charge on any atom is 0.326 e. The highest BCUT2D eigenvalue weighted by atomic mass is 16.2. The third-order valence-electron chi connectivity index (χ3n) is 6.06. The van der Waals surface area contributed by atoms with Gasteiger partial charge in [0.1, 0.15) is 0 Å². The highest BCUT2D eigenvalue weighted by molar-refractivity contribution is 5.97. The van der Waals surface area contributed by atoms with Crippen molar-refractivity contribution < 1.29 is 4.79 Å². The van der Waals surface area contributed by atoms with Crippen LogP contribution < -0.4 is 5.69 Å². The number of fused-ring (bicyclic) bond motifs is 1. The molecule has 1 saturated heterocycles. The van der Waals surface area contributed by atoms with Crippen molar-refractivity contribution in [3.05, 3.63) is 70.1 Å². The minimum atomic E-state index is -0.0779. The molecule has 1 amide bonds. The van der Waals surface area contributed by atoms with Crippen molar-refractivity contribution in [3.8, 4) is 0 Å². The Morgan fingerprint density at radius 1 is 1.14 bits per heavy atom. The lowest BCUT2D eigenvalue weighted by molar-refractivity contribution is 0.0153. The lowest BCUT2D eigenvalue weighted by Gasteiger charge is -2.48. The van der Waals surface area contributed by atoms with Gasteiger partial charge in [-0.2, -0.15) is 0 Å². The predicted octanol–water partition coefficient (Wildman–Crippen LogP) is 3.44. The van der Waals surface area contributed by atoms with E-state index in [-0.39, 0.29) is 17.0 Å². The smallest absolute Gasteiger partial charge is 0.326 e. The van der Waals surface area contributed by atoms with E-state index in [1.807, 2.05) is 33.7 Å². The lowest BCUT2D eigenvalue weighted by atomic mass is 9.76. The summed E-state index contributed by atoms with van der Waals surface area (Å²) in [5, 5.41) is 0. The molecule has 0 bridgehead atoms. The molecule has 0 unspecified atom stereocenters. The van der Waals surface area contributed by atoms with Gasteiger partial charge in [0, 0.05) is 30.6 Å². The Labute approximate surface area is 164 Å². The van der Waals surface area contributed by atoms with Gasteiger partial charge < -0.3 is 9.88 Å². The fraction of sp³-hybridized carbons (Fsp3) is 0.391. The first-order valence-corrected chi connectivity index (χ1v) is 10.1. The molecule has 0 atom stereocenters. The highest BCUT2D eigenvalue weighted by Gasteiger charge is 2.41. The first-order chi connectivity index (χ1) is 13.5. The zero-order valence-electron chi connectivity index (χ0n) is 16.1. The van der Waals surface area contributed by atoms with Crippen molar-refractivity contribution >= 4 is 16.9 Å². The molecule has 5 nitrogen and oxygen atoms in total. The molecule has 0 radical (unpaired) electrons. The average molecular weight is 375 g/mol. The Hall–Kier alpha value is -2.82. The quantitative estimate of drug-likeness (QED) is 0.743. The van der Waals surface area contributed by atoms with Crippen LogP contribution in [0.5, 0.6) is 0 Å². The van der Waals surface area contributed by atoms with E-state index in [1.165, 1.54) is 18.4 Å². The molecule has 0 spiro atoms. The Balaban J connectivity index is 1.31. The maximum absolute atomic E-state index is 12.9. The molecule has 28 heavy (non-hydrogen) atoms. The van der Waals surface area contributed by atoms with Gasteiger partial charge in [-0.05, 0) is 48.9 Å². The number of H-pyrrole nitrogens is 1. The number of carbonyl (C=O) groups excluding carboxylic acids is 1. The average Bonchev–Trinajstić information content (AvgIpc) is 3.43. The van der Waals surface area contributed by atoms with E-state index in [1.54, 1.807) is 0 Å². The first kappa shape index (κ1) is 17.3. The van der Waals surface area contributed by atoms with E-state index in [0.717, 1.165) is 37.1 Å². The lowest BCUT2D eigenvalue weighted by Crippen LogP contribution is -2.57. The van der Waals surface area contributed by atoms with E-state index < -0.39 is 0 Å². The summed E-state index contributed by atoms with van der Waals surface area (Å²) < 4.78 is 1.81. The summed E-state index contributed by atoms with van der Waals surface area (Å²) in [6.07, 6.45) is 3.38. The number of amides is 1. The number of carbonyl (C=O) groups is 1. The second kappa shape index (κ2) is 6.36. The molecule has 1 saturated carbocycles. The fourth-order valence-corrected chi connectivity index (χ4v) is 4.44. The summed E-state index contributed by atoms with van der Waals surface area (Å²) >= 11 is 0. The summed E-state index contributed by atoms with van der Waals surface area (Å²) in [6.45, 7) is 4.54. The summed E-state index contributed by atoms with van der Waals surface area (Å²) in [6, 6.07) is 16.0. The molecule has 1 aliphatic carbocycles. The summed E-state index contributed by atoms with van der Waals surface area (Å²) in [5.74, 6) is 0.671. The largest absolute Gasteiger partial charge is 0.337 e. The summed E-state index contributed by atoms with van der Waals surface area (Å²) in [4.78, 5) is 30.0. The molecule has 5 rings (SSSR count). The molecule has 2 fully saturated rings. The van der Waals surface area contributed by atoms with E-state index in [0.29, 0.717) is 11.5 Å². The van der Waals surface area contributed by atoms with Crippen molar-refractivity contribution in [1.29, 1.82) is 0 Å². The Bertz CT molecular complexity index is 1090. The summed E-state index contributed by atoms with van der Waals surface area (Å²) in [7, 11) is 0. The number of nitrogens with one attached hydrogen (secondary N) is 1. The maximum atomic E-state index is 12.9. The topological polar surface area (TPSA) is 58.1 Å². The summed E-state index contributed by atoms with van der Waals surface area (Å²) in [5.41, 5.74) is 3.66. The van der Waals surface area contributed by atoms with Crippen molar-refractivity contribution in [2.24, 2.45) is 11.3 Å². The van der Waals surface area contributed by atoms with Crippen LogP contribution in [0.25, 0.3) is 11.0 Å². The van der Waals surface area contributed by atoms with E-state index in [2.05, 4.69) is 36.2 Å². The van der Waals surface area contributed by atoms with Crippen LogP contribution in [0.3, 0.4) is 0 Å². The standard InChI is InChI=1S/C23H25N3O2/c1-23(12-16-5-3-2-4-6-16)14-25(15-23)21(27)18-9-10-20-19(11-18)24-22(28)26(20)13-17-7-8-17/h2-6,9-11,17H,7-8,12-15H2,1H3,(H,24,28). The van der Waals surface area contributed by atoms with Crippen molar-refractivity contribution in [3.63, 3.8) is 0 Å². The second-order valence-electron chi connectivity index (χ2n) is 8.85. The van der Waals surface area contributed by atoms with Crippen LogP contribution in [0, 0.1) is 11.3 Å². The molecule has 1 aliphatic heterocycles. The van der Waals surface area contributed by atoms with Gasteiger partial charge in [-0.15, -0.1) is 0 Å². The van der Waals surface area contributed by atoms with Gasteiger partial charge in [0.15, 0.2) is 0 Å². The Morgan fingerprint density at radius 3 is 2.61 bits per heavy atom. The molecule has 1 aromatic heterocycles. The third kappa shape index (κ3) is 3.15. The minimum absolute atomic E-state index is 0.0447. The van der Waals surface area contributed by atoms with Crippen LogP contribution in [-0.2, 0) is 13.0 Å². The number of imidazole rings is 1. The number of aromatic nitrogens is 2. The van der Waals surface area contributed by atoms with Crippen molar-refractivity contribution in [2.75, 3.05) is 13.1 Å². The van der Waals surface area contributed by atoms with E-state index in [4.69, 9.17) is 0 Å². The van der Waals surface area contributed by atoms with Crippen LogP contribution in [0.4, 0.5) is 0 Å². The van der Waals surface area contributed by atoms with Gasteiger partial charge in [-0.3, -0.25) is 9.36 Å². The highest BCUT2D eigenvalue weighted by Crippen LogP contribution is 2.35. The number of nitrogens with zero attached hydrogens (tertiary/aromatic N) is 2. The fourth-order valence-electron chi connectivity index (χ4n) is 4.44. The molecule has 2 aliphatic rings. The molecule has 1 N–H and O–H groups in total. The monoisotopic (exact) mass is 375 g/mol. The Kier molecular flexibility index (Phi) is 3.93. The predicted molar refractivity (Wildman–Crippen MR) is 109 cm³/mol. The van der Waals surface area contributed by atoms with Gasteiger partial charge in [-0.25, -0.2) is 4.79 Å². The molecular weight excluding hydrogens is 350 g/mol. The third-order valence-corrected chi connectivity index (χ3v) is 6.06. The zero-order chi connectivity index (χ0) is 19.3. The number of rotatable bonds is 5. The van der Waals surface area contributed by atoms with Crippen LogP contribution in [0.1, 0.15) is 35.7 Å². The van der Waals surface area contributed by atoms with Crippen LogP contribution in [-0.4, -0.2) is 33.4 Å². The number of likely N-dealkylation sites (tertiary alicyclic amines) is 1. The van der Waals surface area contributed by atoms with Crippen molar-refractivity contribution in [1.82, 2.24) is 14.5 Å². The number of hydrogen-bond acceptors (Lipinski definition) is 2. The zero-order valence-corrected chi connectivity index (χ0v) is 16.1. The van der Waals surface area contributed by atoms with Gasteiger partial charge in [0.2, 0.25) is 0 Å². The second-order valence-corrected chi connectivity index (χ2v) is 8.85. The van der Waals surface area contributed by atoms with E-state index in [9.17, 15) is 9.59 Å². The normalized spacial score (nSPS) is 18.2. The molecule has 2 aromatic carbocycles. The number of benzene rings is 2. The minimum Gasteiger partial charge on any atom is -0.337 e. The van der Waals surface area contributed by atoms with Gasteiger partial charge in [0.25, 0.3) is 5.91 Å². The number of aromatic amines is 1. The van der Waals surface area contributed by atoms with Gasteiger partial charge >= 0.3 is 5.69 Å². The first-order valence-electron chi connectivity index (χ1n) is 10.1. The van der Waals surface area contributed by atoms with Gasteiger partial charge in [0.05, 0.1) is 11.0 Å². The van der Waals surface area contributed by atoms with Gasteiger partial charge in [-0.1, -0.05) is 37.3 Å². The van der Waals surface area contributed by atoms with Crippen LogP contribution in [0.15, 0.2) is 53.3 Å².